The molecule has 6 rings (SSSR count). The number of aromatic nitrogens is 2. The van der Waals surface area contributed by atoms with E-state index in [1.54, 1.807) is 36.9 Å². The van der Waals surface area contributed by atoms with Gasteiger partial charge < -0.3 is 14.4 Å². The number of halogens is 2. The van der Waals surface area contributed by atoms with Gasteiger partial charge in [0, 0.05) is 30.8 Å². The second-order valence-corrected chi connectivity index (χ2v) is 7.22. The molecule has 0 N–H and O–H groups in total. The van der Waals surface area contributed by atoms with Crippen molar-refractivity contribution in [3.63, 3.8) is 0 Å². The molecule has 2 atom stereocenters. The van der Waals surface area contributed by atoms with Crippen molar-refractivity contribution in [1.29, 1.82) is 0 Å². The van der Waals surface area contributed by atoms with Gasteiger partial charge in [0.15, 0.2) is 0 Å². The van der Waals surface area contributed by atoms with Crippen molar-refractivity contribution >= 4 is 11.4 Å². The maximum absolute atomic E-state index is 12.3. The molecule has 1 saturated carbocycles. The number of nitrogens with zero attached hydrogens (tertiary/aromatic N) is 3. The van der Waals surface area contributed by atoms with Crippen LogP contribution in [0.3, 0.4) is 0 Å². The molecule has 156 valence electrons. The van der Waals surface area contributed by atoms with Crippen LogP contribution in [0.5, 0.6) is 5.75 Å². The molecule has 2 unspecified atom stereocenters. The Hall–Kier alpha value is -3.06. The minimum Gasteiger partial charge on any atom is -0.435 e. The fraction of sp³-hybridized carbons (Fsp3) is 0.304. The average molecular weight is 411 g/mol. The third-order valence-corrected chi connectivity index (χ3v) is 5.12. The monoisotopic (exact) mass is 411 g/mol. The summed E-state index contributed by atoms with van der Waals surface area (Å²) >= 11 is 0. The zero-order chi connectivity index (χ0) is 20.8. The van der Waals surface area contributed by atoms with Gasteiger partial charge in [-0.15, -0.1) is 0 Å². The largest absolute Gasteiger partial charge is 0.435 e. The molecule has 3 aromatic rings. The Kier molecular flexibility index (Phi) is 6.49. The lowest BCUT2D eigenvalue weighted by Crippen LogP contribution is -2.25. The van der Waals surface area contributed by atoms with Gasteiger partial charge in [-0.2, -0.15) is 8.78 Å². The SMILES string of the molecule is C1CC2CC1O2.FC(F)Oc1ccc(N(Cc2cccnc2)c2cccnc2)cc1. The molecule has 3 fully saturated rings. The molecule has 0 spiro atoms. The van der Waals surface area contributed by atoms with Crippen molar-refractivity contribution < 1.29 is 18.3 Å². The van der Waals surface area contributed by atoms with Gasteiger partial charge >= 0.3 is 6.61 Å². The van der Waals surface area contributed by atoms with Gasteiger partial charge in [-0.3, -0.25) is 9.97 Å². The van der Waals surface area contributed by atoms with Crippen LogP contribution in [0.25, 0.3) is 0 Å². The number of rotatable bonds is 6. The van der Waals surface area contributed by atoms with E-state index in [0.717, 1.165) is 16.9 Å². The summed E-state index contributed by atoms with van der Waals surface area (Å²) in [6, 6.07) is 14.2. The van der Waals surface area contributed by atoms with E-state index in [0.29, 0.717) is 18.8 Å². The average Bonchev–Trinajstić information content (AvgIpc) is 3.41. The Labute approximate surface area is 174 Å². The first-order valence-corrected chi connectivity index (χ1v) is 9.94. The predicted octanol–water partition coefficient (Wildman–Crippen LogP) is 5.35. The summed E-state index contributed by atoms with van der Waals surface area (Å²) in [5.41, 5.74) is 2.76. The number of hydrogen-bond acceptors (Lipinski definition) is 5. The molecule has 30 heavy (non-hydrogen) atoms. The molecule has 2 aromatic heterocycles. The molecule has 3 aliphatic rings. The lowest BCUT2D eigenvalue weighted by atomic mass is 10.2. The minimum absolute atomic E-state index is 0.126. The Bertz CT molecular complexity index is 891. The number of benzene rings is 1. The van der Waals surface area contributed by atoms with Crippen molar-refractivity contribution in [2.24, 2.45) is 0 Å². The molecule has 2 aliphatic heterocycles. The molecular weight excluding hydrogens is 388 g/mol. The summed E-state index contributed by atoms with van der Waals surface area (Å²) in [5, 5.41) is 0. The highest BCUT2D eigenvalue weighted by molar-refractivity contribution is 5.63. The summed E-state index contributed by atoms with van der Waals surface area (Å²) in [7, 11) is 0. The lowest BCUT2D eigenvalue weighted by Gasteiger charge is -2.25. The highest BCUT2D eigenvalue weighted by Gasteiger charge is 2.36. The second kappa shape index (κ2) is 9.63. The van der Waals surface area contributed by atoms with Gasteiger partial charge in [-0.05, 0) is 67.3 Å². The van der Waals surface area contributed by atoms with Gasteiger partial charge in [0.05, 0.1) is 24.1 Å². The molecule has 2 saturated heterocycles. The summed E-state index contributed by atoms with van der Waals surface area (Å²) in [5.74, 6) is 0.126. The quantitative estimate of drug-likeness (QED) is 0.547. The first-order chi connectivity index (χ1) is 14.7. The van der Waals surface area contributed by atoms with Crippen LogP contribution >= 0.6 is 0 Å². The number of ether oxygens (including phenoxy) is 2. The van der Waals surface area contributed by atoms with Crippen molar-refractivity contribution in [2.75, 3.05) is 4.90 Å². The van der Waals surface area contributed by atoms with Gasteiger partial charge in [0.25, 0.3) is 0 Å². The van der Waals surface area contributed by atoms with Crippen LogP contribution in [0.15, 0.2) is 73.3 Å². The third kappa shape index (κ3) is 5.30. The number of alkyl halides is 2. The Morgan fingerprint density at radius 2 is 1.60 bits per heavy atom. The van der Waals surface area contributed by atoms with E-state index in [1.165, 1.54) is 31.4 Å². The van der Waals surface area contributed by atoms with E-state index in [2.05, 4.69) is 14.7 Å². The fourth-order valence-electron chi connectivity index (χ4n) is 3.62. The Morgan fingerprint density at radius 3 is 2.10 bits per heavy atom. The number of hydrogen-bond donors (Lipinski definition) is 0. The van der Waals surface area contributed by atoms with E-state index in [4.69, 9.17) is 4.74 Å². The van der Waals surface area contributed by atoms with Crippen molar-refractivity contribution in [3.05, 3.63) is 78.9 Å². The molecule has 0 radical (unpaired) electrons. The zero-order valence-corrected chi connectivity index (χ0v) is 16.4. The molecular formula is C23H23F2N3O2. The summed E-state index contributed by atoms with van der Waals surface area (Å²) in [6.07, 6.45) is 12.4. The first kappa shape index (κ1) is 20.2. The third-order valence-electron chi connectivity index (χ3n) is 5.12. The minimum atomic E-state index is -2.83. The molecule has 0 amide bonds. The zero-order valence-electron chi connectivity index (χ0n) is 16.4. The predicted molar refractivity (Wildman–Crippen MR) is 110 cm³/mol. The number of fused-ring (bicyclic) bond motifs is 1. The van der Waals surface area contributed by atoms with Gasteiger partial charge in [0.1, 0.15) is 5.75 Å². The van der Waals surface area contributed by atoms with Crippen LogP contribution in [0.2, 0.25) is 0 Å². The van der Waals surface area contributed by atoms with E-state index in [-0.39, 0.29) is 5.75 Å². The van der Waals surface area contributed by atoms with Crippen LogP contribution in [0.1, 0.15) is 24.8 Å². The van der Waals surface area contributed by atoms with E-state index in [1.807, 2.05) is 29.2 Å². The van der Waals surface area contributed by atoms with Gasteiger partial charge in [-0.1, -0.05) is 6.07 Å². The van der Waals surface area contributed by atoms with E-state index >= 15 is 0 Å². The fourth-order valence-corrected chi connectivity index (χ4v) is 3.62. The summed E-state index contributed by atoms with van der Waals surface area (Å²) < 4.78 is 34.2. The molecule has 1 aliphatic carbocycles. The van der Waals surface area contributed by atoms with Crippen LogP contribution in [-0.2, 0) is 11.3 Å². The molecule has 7 heteroatoms. The maximum Gasteiger partial charge on any atom is 0.387 e. The molecule has 1 aromatic carbocycles. The van der Waals surface area contributed by atoms with E-state index < -0.39 is 6.61 Å². The van der Waals surface area contributed by atoms with Gasteiger partial charge in [-0.25, -0.2) is 0 Å². The summed E-state index contributed by atoms with van der Waals surface area (Å²) in [4.78, 5) is 10.3. The van der Waals surface area contributed by atoms with Gasteiger partial charge in [0.2, 0.25) is 0 Å². The first-order valence-electron chi connectivity index (χ1n) is 9.94. The smallest absolute Gasteiger partial charge is 0.387 e. The second-order valence-electron chi connectivity index (χ2n) is 7.22. The highest BCUT2D eigenvalue weighted by Crippen LogP contribution is 2.36. The van der Waals surface area contributed by atoms with Crippen LogP contribution in [0.4, 0.5) is 20.2 Å². The highest BCUT2D eigenvalue weighted by atomic mass is 19.3. The topological polar surface area (TPSA) is 47.5 Å². The standard InChI is InChI=1S/C18H15F2N3O.C5H8O/c19-18(20)24-17-7-5-15(6-8-17)23(16-4-2-10-22-12-16)13-14-3-1-9-21-11-14;1-2-5-3-4(1)6-5/h1-12,18H,13H2;4-5H,1-3H2. The van der Waals surface area contributed by atoms with E-state index in [9.17, 15) is 8.78 Å². The Morgan fingerprint density at radius 1 is 0.933 bits per heavy atom. The molecule has 4 heterocycles. The van der Waals surface area contributed by atoms with Crippen molar-refractivity contribution in [2.45, 2.75) is 44.6 Å². The van der Waals surface area contributed by atoms with Crippen LogP contribution in [-0.4, -0.2) is 28.8 Å². The van der Waals surface area contributed by atoms with Crippen molar-refractivity contribution in [1.82, 2.24) is 9.97 Å². The molecule has 2 bridgehead atoms. The normalized spacial score (nSPS) is 18.9. The van der Waals surface area contributed by atoms with Crippen LogP contribution < -0.4 is 9.64 Å². The number of anilines is 2. The number of pyridine rings is 2. The molecule has 5 nitrogen and oxygen atoms in total. The van der Waals surface area contributed by atoms with Crippen LogP contribution in [0, 0.1) is 0 Å². The summed E-state index contributed by atoms with van der Waals surface area (Å²) in [6.45, 7) is -2.25. The Balaban J connectivity index is 0.000000305. The maximum atomic E-state index is 12.3. The van der Waals surface area contributed by atoms with Crippen molar-refractivity contribution in [3.8, 4) is 5.75 Å². The lowest BCUT2D eigenvalue weighted by molar-refractivity contribution is -0.0647.